The zero-order valence-electron chi connectivity index (χ0n) is 12.9. The van der Waals surface area contributed by atoms with Crippen LogP contribution in [0.1, 0.15) is 29.6 Å². The summed E-state index contributed by atoms with van der Waals surface area (Å²) in [4.78, 5) is 24.2. The molecule has 0 aliphatic heterocycles. The normalized spacial score (nSPS) is 28.6. The van der Waals surface area contributed by atoms with Gasteiger partial charge in [0.2, 0.25) is 5.91 Å². The quantitative estimate of drug-likeness (QED) is 0.680. The van der Waals surface area contributed by atoms with Crippen LogP contribution >= 0.6 is 15.9 Å². The fraction of sp³-hybridized carbons (Fsp3) is 0.529. The molecule has 5 nitrogen and oxygen atoms in total. The number of hydrogen-bond acceptors (Lipinski definition) is 3. The molecule has 0 saturated heterocycles. The first kappa shape index (κ1) is 16.5. The minimum absolute atomic E-state index is 0.00565. The Morgan fingerprint density at radius 3 is 2.39 bits per heavy atom. The van der Waals surface area contributed by atoms with Gasteiger partial charge in [-0.3, -0.25) is 9.59 Å². The van der Waals surface area contributed by atoms with Crippen molar-refractivity contribution in [1.82, 2.24) is 10.6 Å². The van der Waals surface area contributed by atoms with Gasteiger partial charge in [-0.1, -0.05) is 15.9 Å². The molecule has 124 valence electrons. The number of halogens is 1. The summed E-state index contributed by atoms with van der Waals surface area (Å²) in [6, 6.07) is 7.17. The van der Waals surface area contributed by atoms with Gasteiger partial charge in [-0.25, -0.2) is 0 Å². The summed E-state index contributed by atoms with van der Waals surface area (Å²) in [5, 5.41) is 5.72. The largest absolute Gasteiger partial charge is 0.354 e. The number of fused-ring (bicyclic) bond motifs is 2. The molecule has 2 saturated carbocycles. The molecule has 2 aliphatic rings. The Morgan fingerprint density at radius 2 is 1.74 bits per heavy atom. The maximum Gasteiger partial charge on any atom is 0.251 e. The van der Waals surface area contributed by atoms with Gasteiger partial charge in [0.1, 0.15) is 0 Å². The third-order valence-electron chi connectivity index (χ3n) is 5.10. The highest BCUT2D eigenvalue weighted by Gasteiger charge is 2.48. The van der Waals surface area contributed by atoms with E-state index in [0.29, 0.717) is 30.5 Å². The van der Waals surface area contributed by atoms with Crippen molar-refractivity contribution in [3.05, 3.63) is 34.3 Å². The second-order valence-electron chi connectivity index (χ2n) is 6.49. The summed E-state index contributed by atoms with van der Waals surface area (Å²) in [7, 11) is 0. The lowest BCUT2D eigenvalue weighted by Crippen LogP contribution is -2.46. The van der Waals surface area contributed by atoms with Crippen molar-refractivity contribution in [2.45, 2.75) is 25.3 Å². The molecule has 1 aromatic rings. The Kier molecular flexibility index (Phi) is 5.02. The molecule has 4 atom stereocenters. The standard InChI is InChI=1S/C17H22BrN3O2/c18-13-5-3-10(4-6-13)16(22)20-7-8-21-17(23)14-11-1-2-12(9-11)15(14)19/h3-6,11-12,14-15H,1-2,7-9,19H2,(H,20,22)(H,21,23). The summed E-state index contributed by atoms with van der Waals surface area (Å²) < 4.78 is 0.934. The second-order valence-corrected chi connectivity index (χ2v) is 7.41. The highest BCUT2D eigenvalue weighted by molar-refractivity contribution is 9.10. The molecule has 0 radical (unpaired) electrons. The van der Waals surface area contributed by atoms with E-state index in [4.69, 9.17) is 5.73 Å². The van der Waals surface area contributed by atoms with E-state index in [9.17, 15) is 9.59 Å². The molecule has 0 spiro atoms. The van der Waals surface area contributed by atoms with E-state index < -0.39 is 0 Å². The third kappa shape index (κ3) is 3.58. The zero-order valence-corrected chi connectivity index (χ0v) is 14.5. The average molecular weight is 380 g/mol. The molecular weight excluding hydrogens is 358 g/mol. The number of carbonyl (C=O) groups excluding carboxylic acids is 2. The van der Waals surface area contributed by atoms with Gasteiger partial charge >= 0.3 is 0 Å². The van der Waals surface area contributed by atoms with Crippen LogP contribution in [0.2, 0.25) is 0 Å². The maximum atomic E-state index is 12.3. The van der Waals surface area contributed by atoms with Crippen LogP contribution in [0.3, 0.4) is 0 Å². The van der Waals surface area contributed by atoms with E-state index in [1.165, 1.54) is 6.42 Å². The monoisotopic (exact) mass is 379 g/mol. The Labute approximate surface area is 144 Å². The lowest BCUT2D eigenvalue weighted by molar-refractivity contribution is -0.127. The summed E-state index contributed by atoms with van der Waals surface area (Å²) in [6.07, 6.45) is 3.38. The minimum atomic E-state index is -0.136. The minimum Gasteiger partial charge on any atom is -0.354 e. The first-order valence-electron chi connectivity index (χ1n) is 8.13. The highest BCUT2D eigenvalue weighted by Crippen LogP contribution is 2.47. The molecule has 6 heteroatoms. The van der Waals surface area contributed by atoms with E-state index in [0.717, 1.165) is 17.3 Å². The third-order valence-corrected chi connectivity index (χ3v) is 5.63. The van der Waals surface area contributed by atoms with Crippen molar-refractivity contribution in [3.63, 3.8) is 0 Å². The van der Waals surface area contributed by atoms with Crippen LogP contribution in [0.25, 0.3) is 0 Å². The van der Waals surface area contributed by atoms with E-state index in [2.05, 4.69) is 26.6 Å². The molecule has 2 bridgehead atoms. The van der Waals surface area contributed by atoms with Crippen molar-refractivity contribution in [2.24, 2.45) is 23.5 Å². The number of nitrogens with one attached hydrogen (secondary N) is 2. The highest BCUT2D eigenvalue weighted by atomic mass is 79.9. The number of rotatable bonds is 5. The van der Waals surface area contributed by atoms with Crippen molar-refractivity contribution in [1.29, 1.82) is 0 Å². The summed E-state index contributed by atoms with van der Waals surface area (Å²) in [5.41, 5.74) is 6.78. The Balaban J connectivity index is 1.40. The fourth-order valence-electron chi connectivity index (χ4n) is 3.91. The fourth-order valence-corrected chi connectivity index (χ4v) is 4.17. The number of carbonyl (C=O) groups is 2. The predicted molar refractivity (Wildman–Crippen MR) is 91.8 cm³/mol. The zero-order chi connectivity index (χ0) is 16.4. The van der Waals surface area contributed by atoms with Gasteiger partial charge in [-0.15, -0.1) is 0 Å². The van der Waals surface area contributed by atoms with E-state index in [1.807, 2.05) is 12.1 Å². The number of hydrogen-bond donors (Lipinski definition) is 3. The van der Waals surface area contributed by atoms with E-state index in [-0.39, 0.29) is 23.8 Å². The summed E-state index contributed by atoms with van der Waals surface area (Å²) in [5.74, 6) is 0.835. The van der Waals surface area contributed by atoms with Gasteiger partial charge in [0.15, 0.2) is 0 Å². The summed E-state index contributed by atoms with van der Waals surface area (Å²) >= 11 is 3.34. The SMILES string of the molecule is NC1C2CCC(C2)C1C(=O)NCCNC(=O)c1ccc(Br)cc1. The number of benzene rings is 1. The molecule has 4 unspecified atom stereocenters. The molecular formula is C17H22BrN3O2. The van der Waals surface area contributed by atoms with Gasteiger partial charge in [0, 0.05) is 29.2 Å². The van der Waals surface area contributed by atoms with Gasteiger partial charge in [-0.05, 0) is 55.4 Å². The van der Waals surface area contributed by atoms with Crippen LogP contribution in [0.5, 0.6) is 0 Å². The summed E-state index contributed by atoms with van der Waals surface area (Å²) in [6.45, 7) is 0.846. The molecule has 0 aromatic heterocycles. The van der Waals surface area contributed by atoms with Gasteiger partial charge < -0.3 is 16.4 Å². The van der Waals surface area contributed by atoms with Crippen molar-refractivity contribution >= 4 is 27.7 Å². The molecule has 2 amide bonds. The van der Waals surface area contributed by atoms with Crippen LogP contribution < -0.4 is 16.4 Å². The van der Waals surface area contributed by atoms with Gasteiger partial charge in [0.25, 0.3) is 5.91 Å². The smallest absolute Gasteiger partial charge is 0.251 e. The van der Waals surface area contributed by atoms with E-state index in [1.54, 1.807) is 12.1 Å². The Morgan fingerprint density at radius 1 is 1.09 bits per heavy atom. The average Bonchev–Trinajstić information content (AvgIpc) is 3.12. The van der Waals surface area contributed by atoms with Crippen LogP contribution in [0.15, 0.2) is 28.7 Å². The Bertz CT molecular complexity index is 588. The second kappa shape index (κ2) is 7.01. The molecule has 4 N–H and O–H groups in total. The molecule has 23 heavy (non-hydrogen) atoms. The molecule has 1 aromatic carbocycles. The van der Waals surface area contributed by atoms with Crippen molar-refractivity contribution < 1.29 is 9.59 Å². The van der Waals surface area contributed by atoms with Crippen LogP contribution in [-0.4, -0.2) is 30.9 Å². The topological polar surface area (TPSA) is 84.2 Å². The molecule has 2 fully saturated rings. The molecule has 0 heterocycles. The first-order chi connectivity index (χ1) is 11.1. The van der Waals surface area contributed by atoms with Gasteiger partial charge in [0.05, 0.1) is 5.92 Å². The maximum absolute atomic E-state index is 12.3. The number of nitrogens with two attached hydrogens (primary N) is 1. The molecule has 3 rings (SSSR count). The first-order valence-corrected chi connectivity index (χ1v) is 8.92. The lowest BCUT2D eigenvalue weighted by atomic mass is 9.84. The number of amides is 2. The predicted octanol–water partition coefficient (Wildman–Crippen LogP) is 1.67. The van der Waals surface area contributed by atoms with Crippen LogP contribution in [-0.2, 0) is 4.79 Å². The van der Waals surface area contributed by atoms with Gasteiger partial charge in [-0.2, -0.15) is 0 Å². The molecule has 2 aliphatic carbocycles. The van der Waals surface area contributed by atoms with Crippen LogP contribution in [0.4, 0.5) is 0 Å². The lowest BCUT2D eigenvalue weighted by Gasteiger charge is -2.27. The van der Waals surface area contributed by atoms with Crippen molar-refractivity contribution in [3.8, 4) is 0 Å². The van der Waals surface area contributed by atoms with E-state index >= 15 is 0 Å². The van der Waals surface area contributed by atoms with Crippen molar-refractivity contribution in [2.75, 3.05) is 13.1 Å². The van der Waals surface area contributed by atoms with Crippen LogP contribution in [0, 0.1) is 17.8 Å². The Hall–Kier alpha value is -1.40.